The zero-order valence-electron chi connectivity index (χ0n) is 14.4. The maximum Gasteiger partial charge on any atom is 0.336 e. The Bertz CT molecular complexity index is 730. The molecule has 134 valence electrons. The lowest BCUT2D eigenvalue weighted by molar-refractivity contribution is -0.137. The van der Waals surface area contributed by atoms with Crippen LogP contribution in [0.4, 0.5) is 8.78 Å². The molecular weight excluding hydrogens is 332 g/mol. The van der Waals surface area contributed by atoms with E-state index in [0.29, 0.717) is 11.4 Å². The Kier molecular flexibility index (Phi) is 5.56. The van der Waals surface area contributed by atoms with Gasteiger partial charge < -0.3 is 14.8 Å². The third-order valence-corrected chi connectivity index (χ3v) is 4.11. The number of esters is 2. The molecule has 0 spiro atoms. The lowest BCUT2D eigenvalue weighted by atomic mass is 9.78. The molecule has 0 saturated carbocycles. The molecule has 25 heavy (non-hydrogen) atoms. The van der Waals surface area contributed by atoms with Crippen LogP contribution in [-0.2, 0) is 19.1 Å². The van der Waals surface area contributed by atoms with E-state index in [2.05, 4.69) is 5.32 Å². The molecule has 0 bridgehead atoms. The highest BCUT2D eigenvalue weighted by molar-refractivity contribution is 5.99. The number of nitrogens with one attached hydrogen (secondary N) is 1. The van der Waals surface area contributed by atoms with Gasteiger partial charge in [-0.3, -0.25) is 0 Å². The van der Waals surface area contributed by atoms with Gasteiger partial charge in [-0.2, -0.15) is 0 Å². The molecule has 1 aliphatic heterocycles. The zero-order valence-corrected chi connectivity index (χ0v) is 14.4. The van der Waals surface area contributed by atoms with Crippen LogP contribution in [0.1, 0.15) is 37.3 Å². The van der Waals surface area contributed by atoms with Crippen molar-refractivity contribution in [1.29, 1.82) is 0 Å². The van der Waals surface area contributed by atoms with Crippen molar-refractivity contribution in [3.05, 3.63) is 57.9 Å². The minimum absolute atomic E-state index is 0.0987. The number of rotatable bonds is 4. The second-order valence-electron chi connectivity index (χ2n) is 5.55. The van der Waals surface area contributed by atoms with Gasteiger partial charge in [0.15, 0.2) is 0 Å². The van der Waals surface area contributed by atoms with Crippen molar-refractivity contribution in [1.82, 2.24) is 5.32 Å². The quantitative estimate of drug-likeness (QED) is 0.844. The van der Waals surface area contributed by atoms with Crippen LogP contribution >= 0.6 is 0 Å². The Hall–Kier alpha value is -2.70. The molecule has 5 nitrogen and oxygen atoms in total. The van der Waals surface area contributed by atoms with Crippen molar-refractivity contribution in [3.63, 3.8) is 0 Å². The molecule has 0 amide bonds. The fourth-order valence-electron chi connectivity index (χ4n) is 3.04. The molecule has 0 radical (unpaired) electrons. The number of halogens is 2. The van der Waals surface area contributed by atoms with E-state index in [1.807, 2.05) is 0 Å². The molecule has 0 aliphatic carbocycles. The second kappa shape index (κ2) is 7.46. The molecule has 1 aromatic carbocycles. The van der Waals surface area contributed by atoms with E-state index >= 15 is 0 Å². The van der Waals surface area contributed by atoms with Gasteiger partial charge in [-0.1, -0.05) is 24.3 Å². The second-order valence-corrected chi connectivity index (χ2v) is 5.55. The van der Waals surface area contributed by atoms with E-state index in [4.69, 9.17) is 9.47 Å². The first-order chi connectivity index (χ1) is 11.8. The third-order valence-electron chi connectivity index (χ3n) is 4.11. The molecule has 1 aliphatic rings. The molecule has 2 rings (SSSR count). The van der Waals surface area contributed by atoms with Gasteiger partial charge in [0.05, 0.1) is 31.3 Å². The lowest BCUT2D eigenvalue weighted by Crippen LogP contribution is -2.32. The number of dihydropyridines is 1. The number of hydrogen-bond acceptors (Lipinski definition) is 5. The average Bonchev–Trinajstić information content (AvgIpc) is 2.59. The largest absolute Gasteiger partial charge is 0.466 e. The summed E-state index contributed by atoms with van der Waals surface area (Å²) in [5.74, 6) is -2.41. The molecule has 0 fully saturated rings. The summed E-state index contributed by atoms with van der Waals surface area (Å²) in [5.41, 5.74) is 0.983. The summed E-state index contributed by atoms with van der Waals surface area (Å²) in [4.78, 5) is 24.6. The number of allylic oxidation sites excluding steroid dienone is 2. The van der Waals surface area contributed by atoms with Crippen LogP contribution in [0, 0.1) is 0 Å². The fraction of sp³-hybridized carbons (Fsp3) is 0.333. The predicted molar refractivity (Wildman–Crippen MR) is 86.7 cm³/mol. The minimum Gasteiger partial charge on any atom is -0.466 e. The van der Waals surface area contributed by atoms with E-state index in [1.54, 1.807) is 19.9 Å². The number of carbonyl (C=O) groups excluding carboxylic acids is 2. The van der Waals surface area contributed by atoms with Gasteiger partial charge in [-0.05, 0) is 19.4 Å². The van der Waals surface area contributed by atoms with Crippen molar-refractivity contribution in [2.45, 2.75) is 26.2 Å². The number of methoxy groups -OCH3 is 2. The van der Waals surface area contributed by atoms with Crippen molar-refractivity contribution in [2.75, 3.05) is 14.2 Å². The first-order valence-corrected chi connectivity index (χ1v) is 7.55. The van der Waals surface area contributed by atoms with Crippen molar-refractivity contribution in [2.24, 2.45) is 0 Å². The minimum atomic E-state index is -2.76. The Morgan fingerprint density at radius 1 is 1.00 bits per heavy atom. The topological polar surface area (TPSA) is 64.6 Å². The number of alkyl halides is 2. The number of benzene rings is 1. The predicted octanol–water partition coefficient (Wildman–Crippen LogP) is 3.21. The lowest BCUT2D eigenvalue weighted by Gasteiger charge is -2.31. The molecular formula is C18H19F2NO4. The molecule has 0 unspecified atom stereocenters. The highest BCUT2D eigenvalue weighted by Crippen LogP contribution is 2.42. The number of carbonyl (C=O) groups is 2. The van der Waals surface area contributed by atoms with Gasteiger partial charge in [-0.25, -0.2) is 18.4 Å². The van der Waals surface area contributed by atoms with Crippen LogP contribution in [0.3, 0.4) is 0 Å². The molecule has 1 N–H and O–H groups in total. The third kappa shape index (κ3) is 3.40. The average molecular weight is 351 g/mol. The molecule has 0 saturated heterocycles. The molecule has 7 heteroatoms. The van der Waals surface area contributed by atoms with E-state index in [-0.39, 0.29) is 22.3 Å². The molecule has 0 atom stereocenters. The van der Waals surface area contributed by atoms with Crippen molar-refractivity contribution in [3.8, 4) is 0 Å². The smallest absolute Gasteiger partial charge is 0.336 e. The van der Waals surface area contributed by atoms with Gasteiger partial charge in [-0.15, -0.1) is 0 Å². The SMILES string of the molecule is COC(=O)C1=C(C)NC(C)=C(C(=O)OC)C1c1ccccc1C(F)F. The summed E-state index contributed by atoms with van der Waals surface area (Å²) in [6.07, 6.45) is -2.76. The van der Waals surface area contributed by atoms with Crippen LogP contribution in [0.25, 0.3) is 0 Å². The van der Waals surface area contributed by atoms with Gasteiger partial charge in [0, 0.05) is 17.0 Å². The van der Waals surface area contributed by atoms with E-state index in [9.17, 15) is 18.4 Å². The van der Waals surface area contributed by atoms with E-state index in [1.165, 1.54) is 32.4 Å². The summed E-state index contributed by atoms with van der Waals surface area (Å²) >= 11 is 0. The summed E-state index contributed by atoms with van der Waals surface area (Å²) in [5, 5.41) is 2.93. The van der Waals surface area contributed by atoms with Crippen molar-refractivity contribution >= 4 is 11.9 Å². The Morgan fingerprint density at radius 3 is 1.92 bits per heavy atom. The van der Waals surface area contributed by atoms with E-state index in [0.717, 1.165) is 0 Å². The summed E-state index contributed by atoms with van der Waals surface area (Å²) in [6, 6.07) is 5.81. The first-order valence-electron chi connectivity index (χ1n) is 7.55. The van der Waals surface area contributed by atoms with Crippen molar-refractivity contribution < 1.29 is 27.8 Å². The van der Waals surface area contributed by atoms with Gasteiger partial charge in [0.2, 0.25) is 0 Å². The maximum atomic E-state index is 13.5. The Labute approximate surface area is 144 Å². The Balaban J connectivity index is 2.78. The zero-order chi connectivity index (χ0) is 18.7. The maximum absolute atomic E-state index is 13.5. The van der Waals surface area contributed by atoms with Crippen LogP contribution in [0.2, 0.25) is 0 Å². The number of ether oxygens (including phenoxy) is 2. The highest BCUT2D eigenvalue weighted by atomic mass is 19.3. The fourth-order valence-corrected chi connectivity index (χ4v) is 3.04. The number of hydrogen-bond donors (Lipinski definition) is 1. The molecule has 0 aromatic heterocycles. The monoisotopic (exact) mass is 351 g/mol. The highest BCUT2D eigenvalue weighted by Gasteiger charge is 2.39. The summed E-state index contributed by atoms with van der Waals surface area (Å²) < 4.78 is 36.7. The standard InChI is InChI=1S/C18H19F2NO4/c1-9-13(17(22)24-3)15(14(10(2)21-9)18(23)25-4)11-7-5-6-8-12(11)16(19)20/h5-8,15-16,21H,1-4H3. The van der Waals surface area contributed by atoms with E-state index < -0.39 is 24.3 Å². The first kappa shape index (κ1) is 18.6. The van der Waals surface area contributed by atoms with Gasteiger partial charge >= 0.3 is 11.9 Å². The summed E-state index contributed by atoms with van der Waals surface area (Å²) in [6.45, 7) is 3.25. The molecule has 1 aromatic rings. The molecule has 1 heterocycles. The summed E-state index contributed by atoms with van der Waals surface area (Å²) in [7, 11) is 2.39. The van der Waals surface area contributed by atoms with Gasteiger partial charge in [0.1, 0.15) is 0 Å². The normalized spacial score (nSPS) is 15.3. The Morgan fingerprint density at radius 2 is 1.48 bits per heavy atom. The van der Waals surface area contributed by atoms with Crippen LogP contribution < -0.4 is 5.32 Å². The van der Waals surface area contributed by atoms with Crippen LogP contribution in [-0.4, -0.2) is 26.2 Å². The van der Waals surface area contributed by atoms with Crippen LogP contribution in [0.5, 0.6) is 0 Å². The van der Waals surface area contributed by atoms with Crippen LogP contribution in [0.15, 0.2) is 46.8 Å². The van der Waals surface area contributed by atoms with Gasteiger partial charge in [0.25, 0.3) is 6.43 Å².